The lowest BCUT2D eigenvalue weighted by atomic mass is 9.74. The van der Waals surface area contributed by atoms with Crippen molar-refractivity contribution in [1.82, 2.24) is 9.80 Å². The first-order chi connectivity index (χ1) is 10.3. The molecule has 2 nitrogen and oxygen atoms in total. The minimum Gasteiger partial charge on any atom is -0.308 e. The Bertz CT molecular complexity index is 539. The highest BCUT2D eigenvalue weighted by molar-refractivity contribution is 5.46. The molecule has 0 saturated carbocycles. The van der Waals surface area contributed by atoms with Gasteiger partial charge in [0, 0.05) is 26.2 Å². The van der Waals surface area contributed by atoms with Crippen LogP contribution in [0.15, 0.2) is 12.1 Å². The van der Waals surface area contributed by atoms with E-state index in [9.17, 15) is 0 Å². The van der Waals surface area contributed by atoms with Crippen molar-refractivity contribution in [1.29, 1.82) is 0 Å². The van der Waals surface area contributed by atoms with E-state index in [0.29, 0.717) is 0 Å². The summed E-state index contributed by atoms with van der Waals surface area (Å²) in [5.41, 5.74) is 6.78. The number of hydrogen-bond donors (Lipinski definition) is 0. The molecular weight excluding hydrogens is 268 g/mol. The van der Waals surface area contributed by atoms with Gasteiger partial charge >= 0.3 is 0 Å². The minimum atomic E-state index is 0.254. The van der Waals surface area contributed by atoms with Crippen LogP contribution in [0.1, 0.15) is 61.8 Å². The van der Waals surface area contributed by atoms with Crippen LogP contribution in [0.25, 0.3) is 0 Å². The summed E-state index contributed by atoms with van der Waals surface area (Å²) in [5, 5.41) is 0. The third-order valence-electron chi connectivity index (χ3n) is 5.36. The van der Waals surface area contributed by atoms with E-state index in [1.165, 1.54) is 37.9 Å². The van der Waals surface area contributed by atoms with Crippen molar-refractivity contribution in [3.05, 3.63) is 34.4 Å². The van der Waals surface area contributed by atoms with E-state index < -0.39 is 0 Å². The number of hydrogen-bond acceptors (Lipinski definition) is 2. The highest BCUT2D eigenvalue weighted by Crippen LogP contribution is 2.40. The Balaban J connectivity index is 1.92. The van der Waals surface area contributed by atoms with Crippen LogP contribution in [0, 0.1) is 0 Å². The van der Waals surface area contributed by atoms with Gasteiger partial charge in [-0.05, 0) is 66.9 Å². The maximum absolute atomic E-state index is 2.68. The molecule has 2 aliphatic rings. The molecule has 2 heteroatoms. The molecule has 1 aromatic rings. The SMILES string of the molecule is CN(C)CCN1Cc2cc(C(C)(C)C)cc3c2[C@@H](CCC3)C1. The molecule has 3 rings (SSSR count). The second-order valence-corrected chi connectivity index (χ2v) is 8.59. The van der Waals surface area contributed by atoms with Crippen LogP contribution >= 0.6 is 0 Å². The summed E-state index contributed by atoms with van der Waals surface area (Å²) in [7, 11) is 4.35. The van der Waals surface area contributed by atoms with Gasteiger partial charge in [-0.25, -0.2) is 0 Å². The van der Waals surface area contributed by atoms with Crippen LogP contribution in [-0.2, 0) is 18.4 Å². The van der Waals surface area contributed by atoms with E-state index in [1.807, 2.05) is 0 Å². The van der Waals surface area contributed by atoms with E-state index in [0.717, 1.165) is 19.0 Å². The van der Waals surface area contributed by atoms with Crippen LogP contribution < -0.4 is 0 Å². The standard InChI is InChI=1S/C20H32N2/c1-20(2,3)18-11-15-7-6-8-16-13-22(10-9-21(4)5)14-17(12-18)19(15)16/h11-12,16H,6-10,13-14H2,1-5H3/t16-/m0/s1. The van der Waals surface area contributed by atoms with Crippen molar-refractivity contribution < 1.29 is 0 Å². The predicted molar refractivity (Wildman–Crippen MR) is 94.7 cm³/mol. The predicted octanol–water partition coefficient (Wildman–Crippen LogP) is 3.78. The minimum absolute atomic E-state index is 0.254. The summed E-state index contributed by atoms with van der Waals surface area (Å²) in [4.78, 5) is 4.97. The summed E-state index contributed by atoms with van der Waals surface area (Å²) >= 11 is 0. The Morgan fingerprint density at radius 3 is 2.59 bits per heavy atom. The van der Waals surface area contributed by atoms with Crippen molar-refractivity contribution in [2.75, 3.05) is 33.7 Å². The number of aryl methyl sites for hydroxylation is 1. The lowest BCUT2D eigenvalue weighted by molar-refractivity contribution is 0.199. The van der Waals surface area contributed by atoms with Gasteiger partial charge in [0.2, 0.25) is 0 Å². The van der Waals surface area contributed by atoms with Gasteiger partial charge in [0.15, 0.2) is 0 Å². The fourth-order valence-electron chi connectivity index (χ4n) is 4.07. The second kappa shape index (κ2) is 5.98. The molecule has 122 valence electrons. The largest absolute Gasteiger partial charge is 0.308 e. The van der Waals surface area contributed by atoms with E-state index in [1.54, 1.807) is 16.7 Å². The summed E-state index contributed by atoms with van der Waals surface area (Å²) in [6, 6.07) is 5.03. The molecule has 0 saturated heterocycles. The lowest BCUT2D eigenvalue weighted by Crippen LogP contribution is -2.39. The summed E-state index contributed by atoms with van der Waals surface area (Å²) in [6.07, 6.45) is 4.04. The van der Waals surface area contributed by atoms with Crippen LogP contribution in [0.5, 0.6) is 0 Å². The van der Waals surface area contributed by atoms with Gasteiger partial charge < -0.3 is 4.90 Å². The van der Waals surface area contributed by atoms with Gasteiger partial charge in [0.1, 0.15) is 0 Å². The fraction of sp³-hybridized carbons (Fsp3) is 0.700. The summed E-state index contributed by atoms with van der Waals surface area (Å²) in [5.74, 6) is 0.781. The van der Waals surface area contributed by atoms with Crippen LogP contribution in [0.2, 0.25) is 0 Å². The van der Waals surface area contributed by atoms with Crippen molar-refractivity contribution in [3.8, 4) is 0 Å². The van der Waals surface area contributed by atoms with Crippen molar-refractivity contribution in [2.45, 2.75) is 57.9 Å². The number of likely N-dealkylation sites (N-methyl/N-ethyl adjacent to an activating group) is 1. The molecule has 1 aliphatic carbocycles. The zero-order valence-electron chi connectivity index (χ0n) is 15.1. The molecule has 0 aromatic heterocycles. The highest BCUT2D eigenvalue weighted by atomic mass is 15.2. The van der Waals surface area contributed by atoms with E-state index >= 15 is 0 Å². The molecule has 1 aromatic carbocycles. The molecule has 1 aliphatic heterocycles. The van der Waals surface area contributed by atoms with Gasteiger partial charge in [0.05, 0.1) is 0 Å². The number of benzene rings is 1. The van der Waals surface area contributed by atoms with Crippen LogP contribution in [0.3, 0.4) is 0 Å². The van der Waals surface area contributed by atoms with Gasteiger partial charge in [-0.2, -0.15) is 0 Å². The zero-order valence-corrected chi connectivity index (χ0v) is 15.1. The van der Waals surface area contributed by atoms with E-state index in [4.69, 9.17) is 0 Å². The zero-order chi connectivity index (χ0) is 15.9. The Morgan fingerprint density at radius 1 is 1.18 bits per heavy atom. The lowest BCUT2D eigenvalue weighted by Gasteiger charge is -2.40. The van der Waals surface area contributed by atoms with E-state index in [2.05, 4.69) is 56.8 Å². The third-order valence-corrected chi connectivity index (χ3v) is 5.36. The number of rotatable bonds is 3. The average Bonchev–Trinajstić information content (AvgIpc) is 2.44. The molecule has 1 heterocycles. The first-order valence-corrected chi connectivity index (χ1v) is 8.88. The van der Waals surface area contributed by atoms with E-state index in [-0.39, 0.29) is 5.41 Å². The average molecular weight is 300 g/mol. The van der Waals surface area contributed by atoms with Gasteiger partial charge in [-0.1, -0.05) is 32.9 Å². The normalized spacial score (nSPS) is 22.0. The molecule has 0 N–H and O–H groups in total. The first-order valence-electron chi connectivity index (χ1n) is 8.88. The van der Waals surface area contributed by atoms with Crippen molar-refractivity contribution >= 4 is 0 Å². The molecule has 0 spiro atoms. The van der Waals surface area contributed by atoms with Gasteiger partial charge in [-0.15, -0.1) is 0 Å². The first kappa shape index (κ1) is 16.0. The molecule has 0 bridgehead atoms. The molecule has 0 unspecified atom stereocenters. The molecule has 0 radical (unpaired) electrons. The topological polar surface area (TPSA) is 6.48 Å². The molecule has 0 fully saturated rings. The Morgan fingerprint density at radius 2 is 1.91 bits per heavy atom. The third kappa shape index (κ3) is 3.23. The Kier molecular flexibility index (Phi) is 4.35. The quantitative estimate of drug-likeness (QED) is 0.838. The van der Waals surface area contributed by atoms with Crippen LogP contribution in [0.4, 0.5) is 0 Å². The molecular formula is C20H32N2. The number of nitrogens with zero attached hydrogens (tertiary/aromatic N) is 2. The Hall–Kier alpha value is -0.860. The summed E-state index contributed by atoms with van der Waals surface area (Å²) < 4.78 is 0. The van der Waals surface area contributed by atoms with Gasteiger partial charge in [-0.3, -0.25) is 4.90 Å². The van der Waals surface area contributed by atoms with Crippen molar-refractivity contribution in [2.24, 2.45) is 0 Å². The fourth-order valence-corrected chi connectivity index (χ4v) is 4.07. The molecule has 22 heavy (non-hydrogen) atoms. The van der Waals surface area contributed by atoms with Crippen LogP contribution in [-0.4, -0.2) is 43.5 Å². The highest BCUT2D eigenvalue weighted by Gasteiger charge is 2.31. The monoisotopic (exact) mass is 300 g/mol. The van der Waals surface area contributed by atoms with Crippen molar-refractivity contribution in [3.63, 3.8) is 0 Å². The summed E-state index contributed by atoms with van der Waals surface area (Å²) in [6.45, 7) is 11.8. The Labute approximate surface area is 136 Å². The molecule has 0 amide bonds. The maximum atomic E-state index is 2.68. The smallest absolute Gasteiger partial charge is 0.0237 e. The maximum Gasteiger partial charge on any atom is 0.0237 e. The second-order valence-electron chi connectivity index (χ2n) is 8.59. The van der Waals surface area contributed by atoms with Gasteiger partial charge in [0.25, 0.3) is 0 Å². The molecule has 1 atom stereocenters.